The summed E-state index contributed by atoms with van der Waals surface area (Å²) in [5, 5.41) is 6.54. The van der Waals surface area contributed by atoms with Gasteiger partial charge in [0.2, 0.25) is 10.0 Å². The van der Waals surface area contributed by atoms with E-state index in [4.69, 9.17) is 4.52 Å². The minimum Gasteiger partial charge on any atom is -0.384 e. The van der Waals surface area contributed by atoms with Crippen LogP contribution in [0.3, 0.4) is 0 Å². The number of anilines is 1. The van der Waals surface area contributed by atoms with Gasteiger partial charge in [0.05, 0.1) is 18.4 Å². The Morgan fingerprint density at radius 2 is 2.05 bits per heavy atom. The Bertz CT molecular complexity index is 623. The first-order valence-electron chi connectivity index (χ1n) is 5.85. The number of hydrogen-bond donors (Lipinski definition) is 2. The van der Waals surface area contributed by atoms with Gasteiger partial charge in [0.25, 0.3) is 0 Å². The standard InChI is InChI=1S/C12H15N3O3S/c1-2-13-11-5-3-4-6-12(11)19(16,17)15-9-10-7-8-14-18-10/h3-8,13,15H,2,9H2,1H3. The van der Waals surface area contributed by atoms with Crippen LogP contribution in [0.4, 0.5) is 5.69 Å². The zero-order chi connectivity index (χ0) is 13.7. The maximum Gasteiger partial charge on any atom is 0.243 e. The lowest BCUT2D eigenvalue weighted by Crippen LogP contribution is -2.24. The molecule has 2 N–H and O–H groups in total. The fourth-order valence-electron chi connectivity index (χ4n) is 1.61. The summed E-state index contributed by atoms with van der Waals surface area (Å²) >= 11 is 0. The molecule has 2 rings (SSSR count). The number of aromatic nitrogens is 1. The number of benzene rings is 1. The van der Waals surface area contributed by atoms with E-state index >= 15 is 0 Å². The summed E-state index contributed by atoms with van der Waals surface area (Å²) in [6, 6.07) is 8.36. The molecule has 0 spiro atoms. The minimum absolute atomic E-state index is 0.0722. The highest BCUT2D eigenvalue weighted by Gasteiger charge is 2.18. The average Bonchev–Trinajstić information content (AvgIpc) is 2.91. The monoisotopic (exact) mass is 281 g/mol. The van der Waals surface area contributed by atoms with E-state index in [1.54, 1.807) is 30.3 Å². The van der Waals surface area contributed by atoms with Gasteiger partial charge in [-0.2, -0.15) is 0 Å². The van der Waals surface area contributed by atoms with E-state index in [9.17, 15) is 8.42 Å². The van der Waals surface area contributed by atoms with Gasteiger partial charge in [-0.15, -0.1) is 0 Å². The van der Waals surface area contributed by atoms with Crippen molar-refractivity contribution in [2.24, 2.45) is 0 Å². The van der Waals surface area contributed by atoms with E-state index in [0.29, 0.717) is 18.0 Å². The fourth-order valence-corrected chi connectivity index (χ4v) is 2.79. The predicted molar refractivity (Wildman–Crippen MR) is 71.1 cm³/mol. The summed E-state index contributed by atoms with van der Waals surface area (Å²) in [6.45, 7) is 2.63. The predicted octanol–water partition coefficient (Wildman–Crippen LogP) is 1.58. The molecule has 0 amide bonds. The maximum absolute atomic E-state index is 12.2. The van der Waals surface area contributed by atoms with Crippen LogP contribution in [0.25, 0.3) is 0 Å². The first kappa shape index (κ1) is 13.6. The molecule has 0 saturated carbocycles. The third-order valence-electron chi connectivity index (χ3n) is 2.47. The Balaban J connectivity index is 2.19. The molecular weight excluding hydrogens is 266 g/mol. The molecular formula is C12H15N3O3S. The SMILES string of the molecule is CCNc1ccccc1S(=O)(=O)NCc1ccno1. The number of nitrogens with zero attached hydrogens (tertiary/aromatic N) is 1. The topological polar surface area (TPSA) is 84.2 Å². The number of nitrogens with one attached hydrogen (secondary N) is 2. The molecule has 1 aromatic heterocycles. The summed E-state index contributed by atoms with van der Waals surface area (Å²) in [6.07, 6.45) is 1.47. The van der Waals surface area contributed by atoms with Gasteiger partial charge in [-0.05, 0) is 19.1 Å². The Morgan fingerprint density at radius 1 is 1.26 bits per heavy atom. The Labute approximate surface area is 111 Å². The lowest BCUT2D eigenvalue weighted by Gasteiger charge is -2.11. The normalized spacial score (nSPS) is 11.4. The second kappa shape index (κ2) is 5.85. The first-order chi connectivity index (χ1) is 9.13. The van der Waals surface area contributed by atoms with Crippen LogP contribution >= 0.6 is 0 Å². The molecule has 0 aliphatic rings. The minimum atomic E-state index is -3.59. The molecule has 0 fully saturated rings. The summed E-state index contributed by atoms with van der Waals surface area (Å²) < 4.78 is 31.7. The molecule has 0 atom stereocenters. The van der Waals surface area contributed by atoms with Crippen molar-refractivity contribution in [3.8, 4) is 0 Å². The molecule has 0 radical (unpaired) electrons. The third kappa shape index (κ3) is 3.33. The summed E-state index contributed by atoms with van der Waals surface area (Å²) in [5.74, 6) is 0.463. The molecule has 102 valence electrons. The van der Waals surface area contributed by atoms with E-state index in [0.717, 1.165) is 0 Å². The largest absolute Gasteiger partial charge is 0.384 e. The highest BCUT2D eigenvalue weighted by atomic mass is 32.2. The highest BCUT2D eigenvalue weighted by Crippen LogP contribution is 2.20. The number of sulfonamides is 1. The molecule has 0 aliphatic carbocycles. The summed E-state index contributed by atoms with van der Waals surface area (Å²) in [5.41, 5.74) is 0.579. The van der Waals surface area contributed by atoms with E-state index in [1.165, 1.54) is 6.20 Å². The van der Waals surface area contributed by atoms with Crippen LogP contribution in [0.5, 0.6) is 0 Å². The fraction of sp³-hybridized carbons (Fsp3) is 0.250. The molecule has 19 heavy (non-hydrogen) atoms. The summed E-state index contributed by atoms with van der Waals surface area (Å²) in [7, 11) is -3.59. The zero-order valence-electron chi connectivity index (χ0n) is 10.5. The van der Waals surface area contributed by atoms with Crippen LogP contribution in [-0.4, -0.2) is 20.1 Å². The van der Waals surface area contributed by atoms with Crippen molar-refractivity contribution in [3.05, 3.63) is 42.3 Å². The van der Waals surface area contributed by atoms with Crippen LogP contribution < -0.4 is 10.0 Å². The van der Waals surface area contributed by atoms with Crippen molar-refractivity contribution in [2.75, 3.05) is 11.9 Å². The third-order valence-corrected chi connectivity index (χ3v) is 3.93. The molecule has 0 saturated heterocycles. The number of rotatable bonds is 6. The molecule has 6 nitrogen and oxygen atoms in total. The van der Waals surface area contributed by atoms with E-state index in [-0.39, 0.29) is 11.4 Å². The maximum atomic E-state index is 12.2. The van der Waals surface area contributed by atoms with E-state index < -0.39 is 10.0 Å². The molecule has 2 aromatic rings. The Hall–Kier alpha value is -1.86. The molecule has 1 aromatic carbocycles. The van der Waals surface area contributed by atoms with Crippen LogP contribution in [0, 0.1) is 0 Å². The van der Waals surface area contributed by atoms with Gasteiger partial charge in [-0.25, -0.2) is 13.1 Å². The quantitative estimate of drug-likeness (QED) is 0.840. The molecule has 1 heterocycles. The molecule has 0 unspecified atom stereocenters. The van der Waals surface area contributed by atoms with Crippen molar-refractivity contribution < 1.29 is 12.9 Å². The Morgan fingerprint density at radius 3 is 2.74 bits per heavy atom. The summed E-state index contributed by atoms with van der Waals surface area (Å²) in [4.78, 5) is 0.219. The van der Waals surface area contributed by atoms with Crippen LogP contribution in [0.2, 0.25) is 0 Å². The van der Waals surface area contributed by atoms with Crippen molar-refractivity contribution >= 4 is 15.7 Å². The number of hydrogen-bond acceptors (Lipinski definition) is 5. The van der Waals surface area contributed by atoms with Gasteiger partial charge in [0.15, 0.2) is 5.76 Å². The second-order valence-electron chi connectivity index (χ2n) is 3.83. The lowest BCUT2D eigenvalue weighted by atomic mass is 10.3. The van der Waals surface area contributed by atoms with Gasteiger partial charge >= 0.3 is 0 Å². The van der Waals surface area contributed by atoms with Crippen LogP contribution in [-0.2, 0) is 16.6 Å². The van der Waals surface area contributed by atoms with Gasteiger partial charge in [-0.1, -0.05) is 17.3 Å². The van der Waals surface area contributed by atoms with Crippen molar-refractivity contribution in [1.29, 1.82) is 0 Å². The zero-order valence-corrected chi connectivity index (χ0v) is 11.3. The number of para-hydroxylation sites is 1. The highest BCUT2D eigenvalue weighted by molar-refractivity contribution is 7.89. The smallest absolute Gasteiger partial charge is 0.243 e. The van der Waals surface area contributed by atoms with Crippen LogP contribution in [0.1, 0.15) is 12.7 Å². The van der Waals surface area contributed by atoms with Gasteiger partial charge in [0, 0.05) is 12.6 Å². The molecule has 7 heteroatoms. The van der Waals surface area contributed by atoms with Crippen molar-refractivity contribution in [1.82, 2.24) is 9.88 Å². The average molecular weight is 281 g/mol. The lowest BCUT2D eigenvalue weighted by molar-refractivity contribution is 0.380. The van der Waals surface area contributed by atoms with Crippen molar-refractivity contribution in [2.45, 2.75) is 18.4 Å². The molecule has 0 bridgehead atoms. The Kier molecular flexibility index (Phi) is 4.18. The van der Waals surface area contributed by atoms with E-state index in [2.05, 4.69) is 15.2 Å². The van der Waals surface area contributed by atoms with Crippen molar-refractivity contribution in [3.63, 3.8) is 0 Å². The van der Waals surface area contributed by atoms with Gasteiger partial charge in [0.1, 0.15) is 4.90 Å². The molecule has 0 aliphatic heterocycles. The van der Waals surface area contributed by atoms with Gasteiger partial charge < -0.3 is 9.84 Å². The first-order valence-corrected chi connectivity index (χ1v) is 7.34. The second-order valence-corrected chi connectivity index (χ2v) is 5.57. The van der Waals surface area contributed by atoms with Gasteiger partial charge in [-0.3, -0.25) is 0 Å². The van der Waals surface area contributed by atoms with Crippen LogP contribution in [0.15, 0.2) is 45.9 Å². The van der Waals surface area contributed by atoms with E-state index in [1.807, 2.05) is 6.92 Å².